The number of carbonyl (C=O) groups is 1. The zero-order chi connectivity index (χ0) is 17.6. The summed E-state index contributed by atoms with van der Waals surface area (Å²) in [6.07, 6.45) is 2.09. The molecule has 1 N–H and O–H groups in total. The highest BCUT2D eigenvalue weighted by Crippen LogP contribution is 2.22. The zero-order valence-corrected chi connectivity index (χ0v) is 15.2. The van der Waals surface area contributed by atoms with E-state index in [1.807, 2.05) is 24.3 Å². The summed E-state index contributed by atoms with van der Waals surface area (Å²) >= 11 is 0. The molecule has 132 valence electrons. The van der Waals surface area contributed by atoms with Crippen LogP contribution in [0.4, 0.5) is 5.69 Å². The number of likely N-dealkylation sites (tertiary alicyclic amines) is 1. The van der Waals surface area contributed by atoms with Crippen LogP contribution in [0.3, 0.4) is 0 Å². The van der Waals surface area contributed by atoms with E-state index in [9.17, 15) is 4.79 Å². The number of nitrogens with one attached hydrogen (secondary N) is 1. The van der Waals surface area contributed by atoms with E-state index in [-0.39, 0.29) is 5.91 Å². The number of amides is 1. The third-order valence-electron chi connectivity index (χ3n) is 4.84. The number of hydrogen-bond acceptors (Lipinski definition) is 2. The molecule has 1 heterocycles. The molecular weight excluding hydrogens is 308 g/mol. The van der Waals surface area contributed by atoms with Gasteiger partial charge in [-0.1, -0.05) is 62.4 Å². The van der Waals surface area contributed by atoms with Gasteiger partial charge in [0.15, 0.2) is 0 Å². The average molecular weight is 336 g/mol. The first-order chi connectivity index (χ1) is 12.1. The maximum atomic E-state index is 12.5. The van der Waals surface area contributed by atoms with Gasteiger partial charge in [-0.15, -0.1) is 0 Å². The Hall–Kier alpha value is -2.13. The molecule has 1 aliphatic rings. The number of anilines is 1. The fourth-order valence-electron chi connectivity index (χ4n) is 3.93. The van der Waals surface area contributed by atoms with Gasteiger partial charge in [0.05, 0.1) is 6.54 Å². The van der Waals surface area contributed by atoms with Crippen molar-refractivity contribution in [3.05, 3.63) is 65.7 Å². The van der Waals surface area contributed by atoms with E-state index in [2.05, 4.69) is 54.4 Å². The first-order valence-electron chi connectivity index (χ1n) is 9.24. The zero-order valence-electron chi connectivity index (χ0n) is 15.2. The van der Waals surface area contributed by atoms with Crippen molar-refractivity contribution < 1.29 is 4.79 Å². The van der Waals surface area contributed by atoms with Gasteiger partial charge in [0.2, 0.25) is 5.91 Å². The van der Waals surface area contributed by atoms with Crippen LogP contribution in [0.15, 0.2) is 54.6 Å². The second-order valence-corrected chi connectivity index (χ2v) is 7.51. The smallest absolute Gasteiger partial charge is 0.238 e. The summed E-state index contributed by atoms with van der Waals surface area (Å²) < 4.78 is 0. The van der Waals surface area contributed by atoms with Crippen molar-refractivity contribution in [2.75, 3.05) is 25.0 Å². The van der Waals surface area contributed by atoms with Gasteiger partial charge in [0.25, 0.3) is 0 Å². The summed E-state index contributed by atoms with van der Waals surface area (Å²) in [4.78, 5) is 14.8. The van der Waals surface area contributed by atoms with Crippen molar-refractivity contribution in [2.24, 2.45) is 11.8 Å². The first-order valence-corrected chi connectivity index (χ1v) is 9.24. The SMILES string of the molecule is C[C@@H]1C[C@@H](C)CN(CC(=O)Nc2ccccc2Cc2ccccc2)C1. The fourth-order valence-corrected chi connectivity index (χ4v) is 3.93. The molecular formula is C22H28N2O. The summed E-state index contributed by atoms with van der Waals surface area (Å²) in [5.74, 6) is 1.42. The molecule has 0 unspecified atom stereocenters. The largest absolute Gasteiger partial charge is 0.325 e. The van der Waals surface area contributed by atoms with Gasteiger partial charge in [-0.05, 0) is 41.9 Å². The number of carbonyl (C=O) groups excluding carboxylic acids is 1. The van der Waals surface area contributed by atoms with Crippen LogP contribution in [0.5, 0.6) is 0 Å². The second-order valence-electron chi connectivity index (χ2n) is 7.51. The lowest BCUT2D eigenvalue weighted by atomic mass is 9.92. The number of benzene rings is 2. The van der Waals surface area contributed by atoms with E-state index in [1.54, 1.807) is 0 Å². The maximum absolute atomic E-state index is 12.5. The van der Waals surface area contributed by atoms with Crippen LogP contribution in [-0.2, 0) is 11.2 Å². The van der Waals surface area contributed by atoms with E-state index < -0.39 is 0 Å². The highest BCUT2D eigenvalue weighted by Gasteiger charge is 2.23. The summed E-state index contributed by atoms with van der Waals surface area (Å²) in [5.41, 5.74) is 3.33. The van der Waals surface area contributed by atoms with E-state index in [4.69, 9.17) is 0 Å². The molecule has 2 aromatic carbocycles. The monoisotopic (exact) mass is 336 g/mol. The van der Waals surface area contributed by atoms with Crippen LogP contribution in [0, 0.1) is 11.8 Å². The topological polar surface area (TPSA) is 32.3 Å². The molecule has 0 radical (unpaired) electrons. The van der Waals surface area contributed by atoms with Crippen LogP contribution in [0.2, 0.25) is 0 Å². The molecule has 25 heavy (non-hydrogen) atoms. The molecule has 3 heteroatoms. The van der Waals surface area contributed by atoms with Gasteiger partial charge in [0, 0.05) is 18.8 Å². The van der Waals surface area contributed by atoms with E-state index in [0.29, 0.717) is 18.4 Å². The molecule has 0 bridgehead atoms. The van der Waals surface area contributed by atoms with Crippen LogP contribution >= 0.6 is 0 Å². The predicted molar refractivity (Wildman–Crippen MR) is 104 cm³/mol. The van der Waals surface area contributed by atoms with E-state index >= 15 is 0 Å². The Labute approximate surface area is 151 Å². The molecule has 0 aromatic heterocycles. The third kappa shape index (κ3) is 5.17. The quantitative estimate of drug-likeness (QED) is 0.888. The minimum atomic E-state index is 0.0850. The molecule has 3 rings (SSSR count). The van der Waals surface area contributed by atoms with Gasteiger partial charge in [-0.3, -0.25) is 9.69 Å². The van der Waals surface area contributed by atoms with Crippen molar-refractivity contribution in [3.8, 4) is 0 Å². The maximum Gasteiger partial charge on any atom is 0.238 e. The molecule has 1 fully saturated rings. The van der Waals surface area contributed by atoms with Gasteiger partial charge >= 0.3 is 0 Å². The van der Waals surface area contributed by atoms with Crippen LogP contribution in [-0.4, -0.2) is 30.4 Å². The van der Waals surface area contributed by atoms with E-state index in [0.717, 1.165) is 30.8 Å². The summed E-state index contributed by atoms with van der Waals surface area (Å²) in [6.45, 7) is 7.06. The number of rotatable bonds is 5. The Balaban J connectivity index is 1.63. The number of nitrogens with zero attached hydrogens (tertiary/aromatic N) is 1. The van der Waals surface area contributed by atoms with Gasteiger partial charge < -0.3 is 5.32 Å². The predicted octanol–water partition coefficient (Wildman–Crippen LogP) is 4.19. The molecule has 0 saturated carbocycles. The molecule has 0 spiro atoms. The Morgan fingerprint density at radius 2 is 1.64 bits per heavy atom. The number of piperidine rings is 1. The number of para-hydroxylation sites is 1. The summed E-state index contributed by atoms with van der Waals surface area (Å²) in [6, 6.07) is 18.5. The highest BCUT2D eigenvalue weighted by molar-refractivity contribution is 5.93. The Bertz CT molecular complexity index is 688. The Kier molecular flexibility index (Phi) is 5.87. The van der Waals surface area contributed by atoms with Crippen molar-refractivity contribution in [1.82, 2.24) is 4.90 Å². The Morgan fingerprint density at radius 1 is 1.00 bits per heavy atom. The molecule has 3 nitrogen and oxygen atoms in total. The molecule has 1 saturated heterocycles. The van der Waals surface area contributed by atoms with Crippen LogP contribution in [0.25, 0.3) is 0 Å². The van der Waals surface area contributed by atoms with Crippen molar-refractivity contribution >= 4 is 11.6 Å². The fraction of sp³-hybridized carbons (Fsp3) is 0.409. The standard InChI is InChI=1S/C22H28N2O/c1-17-12-18(2)15-24(14-17)16-22(25)23-21-11-7-6-10-20(21)13-19-8-4-3-5-9-19/h3-11,17-18H,12-16H2,1-2H3,(H,23,25)/t17-,18-/m1/s1. The lowest BCUT2D eigenvalue weighted by molar-refractivity contribution is -0.117. The summed E-state index contributed by atoms with van der Waals surface area (Å²) in [7, 11) is 0. The van der Waals surface area contributed by atoms with E-state index in [1.165, 1.54) is 12.0 Å². The highest BCUT2D eigenvalue weighted by atomic mass is 16.2. The van der Waals surface area contributed by atoms with Gasteiger partial charge in [-0.2, -0.15) is 0 Å². The van der Waals surface area contributed by atoms with Crippen molar-refractivity contribution in [2.45, 2.75) is 26.7 Å². The van der Waals surface area contributed by atoms with Crippen LogP contribution in [0.1, 0.15) is 31.4 Å². The Morgan fingerprint density at radius 3 is 2.36 bits per heavy atom. The molecule has 1 aliphatic heterocycles. The van der Waals surface area contributed by atoms with Crippen molar-refractivity contribution in [3.63, 3.8) is 0 Å². The third-order valence-corrected chi connectivity index (χ3v) is 4.84. The van der Waals surface area contributed by atoms with Crippen LogP contribution < -0.4 is 5.32 Å². The molecule has 1 amide bonds. The lowest BCUT2D eigenvalue weighted by Gasteiger charge is -2.34. The average Bonchev–Trinajstić information content (AvgIpc) is 2.56. The number of hydrogen-bond donors (Lipinski definition) is 1. The first kappa shape index (κ1) is 17.7. The minimum Gasteiger partial charge on any atom is -0.325 e. The second kappa shape index (κ2) is 8.30. The van der Waals surface area contributed by atoms with Crippen molar-refractivity contribution in [1.29, 1.82) is 0 Å². The minimum absolute atomic E-state index is 0.0850. The molecule has 0 aliphatic carbocycles. The lowest BCUT2D eigenvalue weighted by Crippen LogP contribution is -2.42. The molecule has 2 aromatic rings. The van der Waals surface area contributed by atoms with Gasteiger partial charge in [0.1, 0.15) is 0 Å². The normalized spacial score (nSPS) is 21.0. The summed E-state index contributed by atoms with van der Waals surface area (Å²) in [5, 5.41) is 3.13. The molecule has 2 atom stereocenters. The van der Waals surface area contributed by atoms with Gasteiger partial charge in [-0.25, -0.2) is 0 Å².